The summed E-state index contributed by atoms with van der Waals surface area (Å²) >= 11 is 0. The van der Waals surface area contributed by atoms with Crippen molar-refractivity contribution in [3.63, 3.8) is 0 Å². The fourth-order valence-electron chi connectivity index (χ4n) is 2.04. The molecule has 1 aliphatic rings. The highest BCUT2D eigenvalue weighted by atomic mass is 32.2. The van der Waals surface area contributed by atoms with Crippen LogP contribution in [-0.2, 0) is 14.6 Å². The Bertz CT molecular complexity index is 319. The highest BCUT2D eigenvalue weighted by Crippen LogP contribution is 2.04. The molecule has 0 aromatic carbocycles. The van der Waals surface area contributed by atoms with Gasteiger partial charge in [0.15, 0.2) is 0 Å². The second-order valence-electron chi connectivity index (χ2n) is 4.79. The van der Waals surface area contributed by atoms with E-state index in [4.69, 9.17) is 4.74 Å². The minimum absolute atomic E-state index is 0.0226. The molecule has 0 bridgehead atoms. The van der Waals surface area contributed by atoms with Gasteiger partial charge < -0.3 is 10.1 Å². The summed E-state index contributed by atoms with van der Waals surface area (Å²) in [5, 5.41) is 3.22. The predicted molar refractivity (Wildman–Crippen MR) is 69.0 cm³/mol. The molecule has 1 N–H and O–H groups in total. The fraction of sp³-hybridized carbons (Fsp3) is 1.00. The summed E-state index contributed by atoms with van der Waals surface area (Å²) in [6.07, 6.45) is 1.44. The third-order valence-electron chi connectivity index (χ3n) is 2.92. The van der Waals surface area contributed by atoms with Gasteiger partial charge in [0.1, 0.15) is 9.84 Å². The molecule has 1 aliphatic heterocycles. The zero-order chi connectivity index (χ0) is 12.9. The molecule has 0 aromatic rings. The first kappa shape index (κ1) is 14.9. The number of rotatable bonds is 6. The van der Waals surface area contributed by atoms with Crippen molar-refractivity contribution in [1.82, 2.24) is 10.2 Å². The van der Waals surface area contributed by atoms with Crippen molar-refractivity contribution in [2.75, 3.05) is 44.8 Å². The highest BCUT2D eigenvalue weighted by Gasteiger charge is 2.20. The van der Waals surface area contributed by atoms with E-state index in [2.05, 4.69) is 17.1 Å². The molecule has 1 heterocycles. The van der Waals surface area contributed by atoms with E-state index in [-0.39, 0.29) is 17.9 Å². The summed E-state index contributed by atoms with van der Waals surface area (Å²) in [4.78, 5) is 2.34. The van der Waals surface area contributed by atoms with Crippen molar-refractivity contribution < 1.29 is 13.2 Å². The van der Waals surface area contributed by atoms with Crippen LogP contribution in [0.5, 0.6) is 0 Å². The number of ether oxygens (including phenoxy) is 1. The Kier molecular flexibility index (Phi) is 5.85. The van der Waals surface area contributed by atoms with Gasteiger partial charge in [0.05, 0.1) is 18.5 Å². The lowest BCUT2D eigenvalue weighted by Gasteiger charge is -2.32. The average molecular weight is 264 g/mol. The molecule has 2 unspecified atom stereocenters. The lowest BCUT2D eigenvalue weighted by Crippen LogP contribution is -2.48. The molecule has 5 nitrogen and oxygen atoms in total. The van der Waals surface area contributed by atoms with Crippen LogP contribution < -0.4 is 5.32 Å². The van der Waals surface area contributed by atoms with Crippen molar-refractivity contribution in [2.24, 2.45) is 0 Å². The molecule has 0 saturated carbocycles. The molecule has 2 atom stereocenters. The second kappa shape index (κ2) is 6.68. The fourth-order valence-corrected chi connectivity index (χ4v) is 3.06. The third kappa shape index (κ3) is 6.35. The van der Waals surface area contributed by atoms with Crippen LogP contribution in [0, 0.1) is 0 Å². The molecular formula is C11H24N2O3S. The number of morpholine rings is 1. The van der Waals surface area contributed by atoms with Crippen LogP contribution in [0.1, 0.15) is 13.8 Å². The first-order valence-corrected chi connectivity index (χ1v) is 8.22. The number of hydrogen-bond acceptors (Lipinski definition) is 5. The van der Waals surface area contributed by atoms with Crippen molar-refractivity contribution in [3.8, 4) is 0 Å². The average Bonchev–Trinajstić information content (AvgIpc) is 2.24. The summed E-state index contributed by atoms with van der Waals surface area (Å²) < 4.78 is 27.9. The normalized spacial score (nSPS) is 24.8. The van der Waals surface area contributed by atoms with E-state index in [9.17, 15) is 8.42 Å². The smallest absolute Gasteiger partial charge is 0.148 e. The quantitative estimate of drug-likeness (QED) is 0.716. The van der Waals surface area contributed by atoms with Crippen LogP contribution in [0.15, 0.2) is 0 Å². The van der Waals surface area contributed by atoms with Gasteiger partial charge in [0.2, 0.25) is 0 Å². The number of hydrogen-bond donors (Lipinski definition) is 1. The Morgan fingerprint density at radius 3 is 2.82 bits per heavy atom. The molecule has 6 heteroatoms. The number of nitrogens with zero attached hydrogens (tertiary/aromatic N) is 1. The third-order valence-corrected chi connectivity index (χ3v) is 4.02. The topological polar surface area (TPSA) is 58.6 Å². The Morgan fingerprint density at radius 2 is 2.24 bits per heavy atom. The maximum atomic E-state index is 11.1. The maximum absolute atomic E-state index is 11.1. The molecule has 1 fully saturated rings. The minimum Gasteiger partial charge on any atom is -0.374 e. The van der Waals surface area contributed by atoms with E-state index < -0.39 is 9.84 Å². The van der Waals surface area contributed by atoms with E-state index in [1.54, 1.807) is 0 Å². The largest absolute Gasteiger partial charge is 0.374 e. The van der Waals surface area contributed by atoms with Crippen molar-refractivity contribution in [1.29, 1.82) is 0 Å². The minimum atomic E-state index is -2.91. The van der Waals surface area contributed by atoms with E-state index in [1.165, 1.54) is 6.26 Å². The number of nitrogens with one attached hydrogen (secondary N) is 1. The Morgan fingerprint density at radius 1 is 1.53 bits per heavy atom. The zero-order valence-electron chi connectivity index (χ0n) is 11.0. The Balaban J connectivity index is 2.25. The van der Waals surface area contributed by atoms with Crippen molar-refractivity contribution in [3.05, 3.63) is 0 Å². The van der Waals surface area contributed by atoms with Crippen LogP contribution >= 0.6 is 0 Å². The lowest BCUT2D eigenvalue weighted by molar-refractivity contribution is -0.0259. The first-order valence-electron chi connectivity index (χ1n) is 6.15. The first-order chi connectivity index (χ1) is 7.90. The zero-order valence-corrected chi connectivity index (χ0v) is 11.8. The molecule has 0 aromatic heterocycles. The molecule has 1 saturated heterocycles. The van der Waals surface area contributed by atoms with E-state index in [0.717, 1.165) is 26.2 Å². The second-order valence-corrected chi connectivity index (χ2v) is 6.97. The van der Waals surface area contributed by atoms with Crippen LogP contribution in [-0.4, -0.2) is 70.3 Å². The van der Waals surface area contributed by atoms with E-state index in [1.807, 2.05) is 6.92 Å². The van der Waals surface area contributed by atoms with Gasteiger partial charge in [-0.3, -0.25) is 4.90 Å². The monoisotopic (exact) mass is 264 g/mol. The summed E-state index contributed by atoms with van der Waals surface area (Å²) in [5.74, 6) is 0.178. The summed E-state index contributed by atoms with van der Waals surface area (Å²) in [6.45, 7) is 8.47. The van der Waals surface area contributed by atoms with Gasteiger partial charge in [-0.15, -0.1) is 0 Å². The van der Waals surface area contributed by atoms with Crippen LogP contribution in [0.3, 0.4) is 0 Å². The standard InChI is InChI=1S/C11H24N2O3S/c1-4-13-5-6-16-11(8-13)7-12-10(2)9-17(3,14)15/h10-12H,4-9H2,1-3H3. The molecule has 17 heavy (non-hydrogen) atoms. The number of likely N-dealkylation sites (N-methyl/N-ethyl adjacent to an activating group) is 1. The predicted octanol–water partition coefficient (Wildman–Crippen LogP) is -0.270. The van der Waals surface area contributed by atoms with Crippen molar-refractivity contribution >= 4 is 9.84 Å². The van der Waals surface area contributed by atoms with Gasteiger partial charge >= 0.3 is 0 Å². The molecule has 0 amide bonds. The van der Waals surface area contributed by atoms with E-state index >= 15 is 0 Å². The van der Waals surface area contributed by atoms with Gasteiger partial charge in [0.25, 0.3) is 0 Å². The SMILES string of the molecule is CCN1CCOC(CNC(C)CS(C)(=O)=O)C1. The Labute approximate surface area is 104 Å². The summed E-state index contributed by atoms with van der Waals surface area (Å²) in [5.41, 5.74) is 0. The van der Waals surface area contributed by atoms with Crippen LogP contribution in [0.4, 0.5) is 0 Å². The molecule has 102 valence electrons. The van der Waals surface area contributed by atoms with Crippen LogP contribution in [0.2, 0.25) is 0 Å². The lowest BCUT2D eigenvalue weighted by atomic mass is 10.2. The van der Waals surface area contributed by atoms with E-state index in [0.29, 0.717) is 6.54 Å². The van der Waals surface area contributed by atoms with Gasteiger partial charge in [-0.2, -0.15) is 0 Å². The molecule has 0 aliphatic carbocycles. The van der Waals surface area contributed by atoms with Gasteiger partial charge in [-0.1, -0.05) is 6.92 Å². The molecular weight excluding hydrogens is 240 g/mol. The summed E-state index contributed by atoms with van der Waals surface area (Å²) in [7, 11) is -2.91. The molecule has 1 rings (SSSR count). The number of sulfone groups is 1. The van der Waals surface area contributed by atoms with Gasteiger partial charge in [0, 0.05) is 31.9 Å². The summed E-state index contributed by atoms with van der Waals surface area (Å²) in [6, 6.07) is -0.0226. The van der Waals surface area contributed by atoms with Gasteiger partial charge in [-0.05, 0) is 13.5 Å². The molecule has 0 radical (unpaired) electrons. The van der Waals surface area contributed by atoms with Crippen LogP contribution in [0.25, 0.3) is 0 Å². The maximum Gasteiger partial charge on any atom is 0.148 e. The van der Waals surface area contributed by atoms with Gasteiger partial charge in [-0.25, -0.2) is 8.42 Å². The van der Waals surface area contributed by atoms with Crippen molar-refractivity contribution in [2.45, 2.75) is 26.0 Å². The Hall–Kier alpha value is -0.170. The highest BCUT2D eigenvalue weighted by molar-refractivity contribution is 7.90. The molecule has 0 spiro atoms.